The Morgan fingerprint density at radius 1 is 1.03 bits per heavy atom. The minimum Gasteiger partial charge on any atom is -0.495 e. The Bertz CT molecular complexity index is 1060. The summed E-state index contributed by atoms with van der Waals surface area (Å²) in [5.74, 6) is -1.99. The summed E-state index contributed by atoms with van der Waals surface area (Å²) >= 11 is 0. The molecule has 0 aliphatic heterocycles. The number of methoxy groups -OCH3 is 1. The Kier molecular flexibility index (Phi) is 8.61. The van der Waals surface area contributed by atoms with Crippen LogP contribution in [-0.2, 0) is 19.1 Å². The van der Waals surface area contributed by atoms with Crippen molar-refractivity contribution in [2.24, 2.45) is 0 Å². The number of esters is 2. The van der Waals surface area contributed by atoms with Crippen LogP contribution < -0.4 is 15.4 Å². The SMILES string of the molecule is COc1ccc(C)cc1NC(=O)CNC(=O)COC(=O)c1[nH]c(C)c(C(=O)OC(C)C)c1C. The number of carbonyl (C=O) groups excluding carboxylic acids is 4. The molecule has 10 heteroatoms. The van der Waals surface area contributed by atoms with Crippen LogP contribution in [0.4, 0.5) is 5.69 Å². The number of rotatable bonds is 9. The van der Waals surface area contributed by atoms with Crippen molar-refractivity contribution in [3.63, 3.8) is 0 Å². The highest BCUT2D eigenvalue weighted by atomic mass is 16.5. The fourth-order valence-electron chi connectivity index (χ4n) is 3.08. The Labute approximate surface area is 192 Å². The molecule has 3 N–H and O–H groups in total. The molecule has 1 aromatic carbocycles. The van der Waals surface area contributed by atoms with Crippen LogP contribution in [0.5, 0.6) is 5.75 Å². The minimum absolute atomic E-state index is 0.0558. The van der Waals surface area contributed by atoms with Gasteiger partial charge in [0.05, 0.1) is 31.0 Å². The molecule has 0 aliphatic rings. The van der Waals surface area contributed by atoms with Crippen LogP contribution in [-0.4, -0.2) is 55.1 Å². The topological polar surface area (TPSA) is 136 Å². The summed E-state index contributed by atoms with van der Waals surface area (Å²) in [7, 11) is 1.49. The summed E-state index contributed by atoms with van der Waals surface area (Å²) < 4.78 is 15.4. The van der Waals surface area contributed by atoms with Crippen molar-refractivity contribution in [1.82, 2.24) is 10.3 Å². The van der Waals surface area contributed by atoms with Crippen molar-refractivity contribution >= 4 is 29.4 Å². The van der Waals surface area contributed by atoms with Gasteiger partial charge in [0.15, 0.2) is 6.61 Å². The van der Waals surface area contributed by atoms with Crippen LogP contribution in [0.2, 0.25) is 0 Å². The monoisotopic (exact) mass is 459 g/mol. The number of aromatic nitrogens is 1. The number of nitrogens with one attached hydrogen (secondary N) is 3. The van der Waals surface area contributed by atoms with Crippen LogP contribution in [0.25, 0.3) is 0 Å². The van der Waals surface area contributed by atoms with Gasteiger partial charge in [0.25, 0.3) is 5.91 Å². The second-order valence-corrected chi connectivity index (χ2v) is 7.68. The Balaban J connectivity index is 1.89. The summed E-state index contributed by atoms with van der Waals surface area (Å²) in [6.07, 6.45) is -0.311. The number of hydrogen-bond donors (Lipinski definition) is 3. The summed E-state index contributed by atoms with van der Waals surface area (Å²) in [4.78, 5) is 51.6. The number of carbonyl (C=O) groups is 4. The van der Waals surface area contributed by atoms with E-state index in [2.05, 4.69) is 15.6 Å². The lowest BCUT2D eigenvalue weighted by molar-refractivity contribution is -0.126. The standard InChI is InChI=1S/C23H29N3O7/c1-12(2)33-22(29)20-14(4)21(25-15(20)5)23(30)32-11-19(28)24-10-18(27)26-16-9-13(3)7-8-17(16)31-6/h7-9,12,25H,10-11H2,1-6H3,(H,24,28)(H,26,27). The molecule has 0 saturated carbocycles. The highest BCUT2D eigenvalue weighted by Crippen LogP contribution is 2.25. The molecule has 0 saturated heterocycles. The average Bonchev–Trinajstić information content (AvgIpc) is 3.04. The normalized spacial score (nSPS) is 10.5. The fourth-order valence-corrected chi connectivity index (χ4v) is 3.08. The summed E-state index contributed by atoms with van der Waals surface area (Å²) in [5.41, 5.74) is 2.54. The first kappa shape index (κ1) is 25.4. The molecule has 1 heterocycles. The first-order valence-corrected chi connectivity index (χ1v) is 10.3. The zero-order valence-corrected chi connectivity index (χ0v) is 19.6. The predicted molar refractivity (Wildman–Crippen MR) is 120 cm³/mol. The number of aryl methyl sites for hydroxylation is 2. The molecule has 10 nitrogen and oxygen atoms in total. The largest absolute Gasteiger partial charge is 0.495 e. The van der Waals surface area contributed by atoms with E-state index in [0.717, 1.165) is 5.56 Å². The maximum absolute atomic E-state index is 12.4. The van der Waals surface area contributed by atoms with E-state index in [9.17, 15) is 19.2 Å². The lowest BCUT2D eigenvalue weighted by Gasteiger charge is -2.11. The van der Waals surface area contributed by atoms with Crippen LogP contribution in [0.3, 0.4) is 0 Å². The molecule has 33 heavy (non-hydrogen) atoms. The fraction of sp³-hybridized carbons (Fsp3) is 0.391. The van der Waals surface area contributed by atoms with E-state index in [1.54, 1.807) is 39.8 Å². The Morgan fingerprint density at radius 2 is 1.73 bits per heavy atom. The van der Waals surface area contributed by atoms with E-state index in [1.165, 1.54) is 7.11 Å². The number of amides is 2. The molecular formula is C23H29N3O7. The molecule has 0 bridgehead atoms. The number of anilines is 1. The molecule has 0 atom stereocenters. The smallest absolute Gasteiger partial charge is 0.355 e. The first-order valence-electron chi connectivity index (χ1n) is 10.3. The molecule has 0 unspecified atom stereocenters. The van der Waals surface area contributed by atoms with E-state index >= 15 is 0 Å². The lowest BCUT2D eigenvalue weighted by atomic mass is 10.1. The molecule has 0 fully saturated rings. The molecule has 2 amide bonds. The van der Waals surface area contributed by atoms with Gasteiger partial charge in [-0.1, -0.05) is 6.07 Å². The summed E-state index contributed by atoms with van der Waals surface area (Å²) in [6.45, 7) is 7.62. The summed E-state index contributed by atoms with van der Waals surface area (Å²) in [5, 5.41) is 5.03. The maximum Gasteiger partial charge on any atom is 0.355 e. The Hall–Kier alpha value is -3.82. The van der Waals surface area contributed by atoms with Crippen molar-refractivity contribution in [2.75, 3.05) is 25.6 Å². The third-order valence-electron chi connectivity index (χ3n) is 4.60. The maximum atomic E-state index is 12.4. The number of H-pyrrole nitrogens is 1. The molecule has 2 rings (SSSR count). The van der Waals surface area contributed by atoms with E-state index in [4.69, 9.17) is 14.2 Å². The van der Waals surface area contributed by atoms with Gasteiger partial charge >= 0.3 is 11.9 Å². The van der Waals surface area contributed by atoms with E-state index < -0.39 is 30.4 Å². The number of benzene rings is 1. The average molecular weight is 459 g/mol. The van der Waals surface area contributed by atoms with Crippen molar-refractivity contribution in [1.29, 1.82) is 0 Å². The molecule has 0 aliphatic carbocycles. The zero-order valence-electron chi connectivity index (χ0n) is 19.6. The van der Waals surface area contributed by atoms with Crippen LogP contribution in [0.15, 0.2) is 18.2 Å². The Morgan fingerprint density at radius 3 is 2.36 bits per heavy atom. The van der Waals surface area contributed by atoms with Crippen molar-refractivity contribution in [3.05, 3.63) is 46.3 Å². The van der Waals surface area contributed by atoms with Crippen molar-refractivity contribution in [3.8, 4) is 5.75 Å². The van der Waals surface area contributed by atoms with Gasteiger partial charge in [-0.3, -0.25) is 9.59 Å². The number of ether oxygens (including phenoxy) is 3. The van der Waals surface area contributed by atoms with Gasteiger partial charge in [0, 0.05) is 5.69 Å². The van der Waals surface area contributed by atoms with Crippen molar-refractivity contribution in [2.45, 2.75) is 40.7 Å². The number of hydrogen-bond acceptors (Lipinski definition) is 7. The van der Waals surface area contributed by atoms with E-state index in [0.29, 0.717) is 22.7 Å². The van der Waals surface area contributed by atoms with Gasteiger partial charge in [0.2, 0.25) is 5.91 Å². The second kappa shape index (κ2) is 11.2. The van der Waals surface area contributed by atoms with Gasteiger partial charge in [-0.15, -0.1) is 0 Å². The minimum atomic E-state index is -0.803. The van der Waals surface area contributed by atoms with Gasteiger partial charge in [-0.25, -0.2) is 9.59 Å². The van der Waals surface area contributed by atoms with Gasteiger partial charge < -0.3 is 29.8 Å². The zero-order chi connectivity index (χ0) is 24.7. The lowest BCUT2D eigenvalue weighted by Crippen LogP contribution is -2.35. The second-order valence-electron chi connectivity index (χ2n) is 7.68. The first-order chi connectivity index (χ1) is 15.5. The number of aromatic amines is 1. The van der Waals surface area contributed by atoms with Crippen LogP contribution in [0.1, 0.15) is 51.5 Å². The van der Waals surface area contributed by atoms with Crippen molar-refractivity contribution < 1.29 is 33.4 Å². The highest BCUT2D eigenvalue weighted by molar-refractivity contribution is 5.99. The predicted octanol–water partition coefficient (Wildman–Crippen LogP) is 2.43. The van der Waals surface area contributed by atoms with Crippen LogP contribution >= 0.6 is 0 Å². The molecular weight excluding hydrogens is 430 g/mol. The quantitative estimate of drug-likeness (QED) is 0.490. The van der Waals surface area contributed by atoms with E-state index in [1.807, 2.05) is 13.0 Å². The highest BCUT2D eigenvalue weighted by Gasteiger charge is 2.25. The summed E-state index contributed by atoms with van der Waals surface area (Å²) in [6, 6.07) is 5.31. The van der Waals surface area contributed by atoms with Gasteiger partial charge in [0.1, 0.15) is 11.4 Å². The van der Waals surface area contributed by atoms with Crippen LogP contribution in [0, 0.1) is 20.8 Å². The van der Waals surface area contributed by atoms with E-state index in [-0.39, 0.29) is 23.9 Å². The molecule has 1 aromatic heterocycles. The third-order valence-corrected chi connectivity index (χ3v) is 4.60. The van der Waals surface area contributed by atoms with Gasteiger partial charge in [-0.05, 0) is 57.9 Å². The molecule has 178 valence electrons. The van der Waals surface area contributed by atoms with Gasteiger partial charge in [-0.2, -0.15) is 0 Å². The molecule has 0 radical (unpaired) electrons. The molecule has 2 aromatic rings. The molecule has 0 spiro atoms. The third kappa shape index (κ3) is 6.83.